The Hall–Kier alpha value is -2.18. The number of hydrogen-bond donors (Lipinski definition) is 2. The van der Waals surface area contributed by atoms with Crippen molar-refractivity contribution in [2.45, 2.75) is 51.9 Å². The number of benzene rings is 1. The van der Waals surface area contributed by atoms with E-state index >= 15 is 0 Å². The molecule has 0 bridgehead atoms. The summed E-state index contributed by atoms with van der Waals surface area (Å²) >= 11 is 0. The van der Waals surface area contributed by atoms with E-state index in [2.05, 4.69) is 15.6 Å². The smallest absolute Gasteiger partial charge is 0.152 e. The lowest BCUT2D eigenvalue weighted by molar-refractivity contribution is 0.0175. The molecule has 2 aromatic heterocycles. The summed E-state index contributed by atoms with van der Waals surface area (Å²) in [6.07, 6.45) is 1.70. The molecule has 0 unspecified atom stereocenters. The van der Waals surface area contributed by atoms with Gasteiger partial charge < -0.3 is 20.1 Å². The molecule has 6 nitrogen and oxygen atoms in total. The van der Waals surface area contributed by atoms with Crippen molar-refractivity contribution in [2.75, 3.05) is 12.3 Å². The quantitative estimate of drug-likeness (QED) is 0.762. The van der Waals surface area contributed by atoms with Crippen molar-refractivity contribution >= 4 is 27.8 Å². The van der Waals surface area contributed by atoms with E-state index < -0.39 is 5.60 Å². The normalized spacial score (nSPS) is 17.5. The second kappa shape index (κ2) is 5.68. The number of aromatic nitrogens is 3. The molecular weight excluding hydrogens is 316 g/mol. The summed E-state index contributed by atoms with van der Waals surface area (Å²) in [6.45, 7) is 6.66. The van der Waals surface area contributed by atoms with E-state index in [0.29, 0.717) is 24.5 Å². The van der Waals surface area contributed by atoms with Gasteiger partial charge in [0, 0.05) is 12.0 Å². The Balaban J connectivity index is 2.13. The van der Waals surface area contributed by atoms with Gasteiger partial charge in [0.1, 0.15) is 17.9 Å². The molecule has 0 amide bonds. The molecule has 3 aromatic rings. The van der Waals surface area contributed by atoms with Crippen molar-refractivity contribution in [3.05, 3.63) is 29.6 Å². The molecule has 4 rings (SSSR count). The largest absolute Gasteiger partial charge is 0.388 e. The third-order valence-corrected chi connectivity index (χ3v) is 5.08. The first-order valence-corrected chi connectivity index (χ1v) is 8.79. The molecule has 3 N–H and O–H groups in total. The number of nitrogen functional groups attached to an aromatic ring is 1. The highest BCUT2D eigenvalue weighted by molar-refractivity contribution is 6.08. The lowest BCUT2D eigenvalue weighted by Crippen LogP contribution is -2.34. The van der Waals surface area contributed by atoms with Crippen LogP contribution in [0.25, 0.3) is 21.9 Å². The first-order valence-electron chi connectivity index (χ1n) is 8.79. The third-order valence-electron chi connectivity index (χ3n) is 5.08. The minimum absolute atomic E-state index is 0.106. The van der Waals surface area contributed by atoms with Crippen molar-refractivity contribution in [1.29, 1.82) is 0 Å². The minimum atomic E-state index is -0.888. The first-order chi connectivity index (χ1) is 11.9. The van der Waals surface area contributed by atoms with Crippen LogP contribution in [0.4, 0.5) is 5.82 Å². The van der Waals surface area contributed by atoms with E-state index in [4.69, 9.17) is 15.5 Å². The molecule has 1 aliphatic rings. The Labute approximate surface area is 146 Å². The number of rotatable bonds is 4. The number of aryl methyl sites for hydroxylation is 1. The summed E-state index contributed by atoms with van der Waals surface area (Å²) in [5.74, 6) is 1.22. The summed E-state index contributed by atoms with van der Waals surface area (Å²) in [5.41, 5.74) is 9.11. The molecule has 1 aliphatic heterocycles. The van der Waals surface area contributed by atoms with Gasteiger partial charge >= 0.3 is 0 Å². The Bertz CT molecular complexity index is 956. The van der Waals surface area contributed by atoms with Gasteiger partial charge in [-0.15, -0.1) is 0 Å². The van der Waals surface area contributed by atoms with Gasteiger partial charge in [-0.2, -0.15) is 0 Å². The molecular formula is C19H24N4O2. The number of nitrogens with two attached hydrogens (primary N) is 1. The van der Waals surface area contributed by atoms with Gasteiger partial charge in [0.2, 0.25) is 0 Å². The van der Waals surface area contributed by atoms with Crippen molar-refractivity contribution in [2.24, 2.45) is 0 Å². The number of aliphatic hydroxyl groups is 1. The first kappa shape index (κ1) is 16.3. The molecule has 25 heavy (non-hydrogen) atoms. The lowest BCUT2D eigenvalue weighted by Gasteiger charge is -2.31. The van der Waals surface area contributed by atoms with Crippen LogP contribution >= 0.6 is 0 Å². The number of nitrogens with zero attached hydrogens (tertiary/aromatic N) is 3. The van der Waals surface area contributed by atoms with E-state index in [1.165, 1.54) is 5.56 Å². The maximum atomic E-state index is 10.9. The van der Waals surface area contributed by atoms with Gasteiger partial charge in [-0.05, 0) is 45.2 Å². The summed E-state index contributed by atoms with van der Waals surface area (Å²) < 4.78 is 7.78. The van der Waals surface area contributed by atoms with Crippen LogP contribution in [0, 0.1) is 0 Å². The zero-order chi connectivity index (χ0) is 17.8. The molecule has 1 atom stereocenters. The molecule has 0 saturated carbocycles. The topological polar surface area (TPSA) is 86.2 Å². The predicted molar refractivity (Wildman–Crippen MR) is 98.4 cm³/mol. The fraction of sp³-hybridized carbons (Fsp3) is 0.474. The second-order valence-corrected chi connectivity index (χ2v) is 7.25. The Morgan fingerprint density at radius 1 is 1.36 bits per heavy atom. The Morgan fingerprint density at radius 3 is 2.88 bits per heavy atom. The molecule has 132 valence electrons. The lowest BCUT2D eigenvalue weighted by atomic mass is 9.93. The Morgan fingerprint density at radius 2 is 2.16 bits per heavy atom. The molecule has 0 aliphatic carbocycles. The van der Waals surface area contributed by atoms with Gasteiger partial charge in [-0.25, -0.2) is 9.97 Å². The standard InChI is InChI=1S/C19H24N4O2/c1-4-25-10-14-22-16-17-15-11(6-5-7-12(15)21-18(16)20)8-9-13(23(14)17)19(2,3)24/h5-7,13,24H,4,8-10H2,1-3H3,(H2,20,21)/t13-/m1/s1. The van der Waals surface area contributed by atoms with E-state index in [9.17, 15) is 5.11 Å². The van der Waals surface area contributed by atoms with Crippen molar-refractivity contribution in [1.82, 2.24) is 14.5 Å². The van der Waals surface area contributed by atoms with E-state index in [1.54, 1.807) is 0 Å². The molecule has 3 heterocycles. The number of hydrogen-bond acceptors (Lipinski definition) is 5. The van der Waals surface area contributed by atoms with Crippen LogP contribution in [-0.4, -0.2) is 31.8 Å². The third kappa shape index (κ3) is 2.48. The molecule has 0 saturated heterocycles. The van der Waals surface area contributed by atoms with Gasteiger partial charge in [0.05, 0.1) is 22.7 Å². The molecule has 0 spiro atoms. The Kier molecular flexibility index (Phi) is 3.70. The highest BCUT2D eigenvalue weighted by Gasteiger charge is 2.34. The van der Waals surface area contributed by atoms with Crippen LogP contribution in [-0.2, 0) is 17.8 Å². The summed E-state index contributed by atoms with van der Waals surface area (Å²) in [7, 11) is 0. The van der Waals surface area contributed by atoms with Crippen molar-refractivity contribution < 1.29 is 9.84 Å². The summed E-state index contributed by atoms with van der Waals surface area (Å²) in [4.78, 5) is 9.31. The van der Waals surface area contributed by atoms with Crippen LogP contribution in [0.5, 0.6) is 0 Å². The fourth-order valence-electron chi connectivity index (χ4n) is 3.96. The van der Waals surface area contributed by atoms with Gasteiger partial charge in [-0.1, -0.05) is 12.1 Å². The number of pyridine rings is 1. The average Bonchev–Trinajstić information content (AvgIpc) is 2.82. The monoisotopic (exact) mass is 340 g/mol. The zero-order valence-electron chi connectivity index (χ0n) is 14.9. The number of anilines is 1. The van der Waals surface area contributed by atoms with E-state index in [-0.39, 0.29) is 6.04 Å². The SMILES string of the molecule is CCOCc1nc2c(N)nc3cccc4c3c2n1[C@@H](C(C)(C)O)CC4. The maximum Gasteiger partial charge on any atom is 0.152 e. The molecule has 1 aromatic carbocycles. The van der Waals surface area contributed by atoms with Crippen molar-refractivity contribution in [3.8, 4) is 0 Å². The van der Waals surface area contributed by atoms with E-state index in [0.717, 1.165) is 35.1 Å². The minimum Gasteiger partial charge on any atom is -0.388 e. The maximum absolute atomic E-state index is 10.9. The zero-order valence-corrected chi connectivity index (χ0v) is 14.9. The second-order valence-electron chi connectivity index (χ2n) is 7.25. The summed E-state index contributed by atoms with van der Waals surface area (Å²) in [6, 6.07) is 6.03. The summed E-state index contributed by atoms with van der Waals surface area (Å²) in [5, 5.41) is 11.9. The van der Waals surface area contributed by atoms with Crippen LogP contribution in [0.15, 0.2) is 18.2 Å². The number of ether oxygens (including phenoxy) is 1. The molecule has 6 heteroatoms. The van der Waals surface area contributed by atoms with Crippen LogP contribution < -0.4 is 5.73 Å². The fourth-order valence-corrected chi connectivity index (χ4v) is 3.96. The van der Waals surface area contributed by atoms with Crippen LogP contribution in [0.1, 0.15) is 44.6 Å². The van der Waals surface area contributed by atoms with Crippen LogP contribution in [0.3, 0.4) is 0 Å². The van der Waals surface area contributed by atoms with Crippen molar-refractivity contribution in [3.63, 3.8) is 0 Å². The average molecular weight is 340 g/mol. The van der Waals surface area contributed by atoms with Gasteiger partial charge in [0.25, 0.3) is 0 Å². The predicted octanol–water partition coefficient (Wildman–Crippen LogP) is 2.96. The highest BCUT2D eigenvalue weighted by Crippen LogP contribution is 2.40. The number of imidazole rings is 1. The highest BCUT2D eigenvalue weighted by atomic mass is 16.5. The molecule has 0 fully saturated rings. The van der Waals surface area contributed by atoms with Crippen LogP contribution in [0.2, 0.25) is 0 Å². The molecule has 0 radical (unpaired) electrons. The van der Waals surface area contributed by atoms with E-state index in [1.807, 2.05) is 32.9 Å². The van der Waals surface area contributed by atoms with Gasteiger partial charge in [-0.3, -0.25) is 0 Å². The van der Waals surface area contributed by atoms with Gasteiger partial charge in [0.15, 0.2) is 5.82 Å².